The molecule has 1 aromatic carbocycles. The number of nitrogens with zero attached hydrogens (tertiary/aromatic N) is 2. The number of methoxy groups -OCH3 is 1. The van der Waals surface area contributed by atoms with Gasteiger partial charge in [0.15, 0.2) is 0 Å². The van der Waals surface area contributed by atoms with Crippen molar-refractivity contribution in [3.05, 3.63) is 41.2 Å². The van der Waals surface area contributed by atoms with E-state index in [4.69, 9.17) is 9.47 Å². The van der Waals surface area contributed by atoms with E-state index in [0.717, 1.165) is 17.1 Å². The molecular weight excluding hydrogens is 283 g/mol. The van der Waals surface area contributed by atoms with Gasteiger partial charge in [0.1, 0.15) is 11.4 Å². The molecule has 1 aromatic heterocycles. The third-order valence-electron chi connectivity index (χ3n) is 3.33. The molecule has 2 aromatic rings. The topological polar surface area (TPSA) is 76.4 Å². The van der Waals surface area contributed by atoms with E-state index in [9.17, 15) is 9.90 Å². The zero-order chi connectivity index (χ0) is 14.1. The van der Waals surface area contributed by atoms with Crippen molar-refractivity contribution in [3.63, 3.8) is 0 Å². The first kappa shape index (κ1) is 16.0. The Kier molecular flexibility index (Phi) is 5.05. The van der Waals surface area contributed by atoms with Gasteiger partial charge in [0.25, 0.3) is 0 Å². The van der Waals surface area contributed by atoms with Crippen molar-refractivity contribution in [3.8, 4) is 11.4 Å². The molecule has 0 unspecified atom stereocenters. The summed E-state index contributed by atoms with van der Waals surface area (Å²) in [6, 6.07) is 7.28. The molecular formula is C14H13N2NaO4. The van der Waals surface area contributed by atoms with Gasteiger partial charge in [0, 0.05) is 12.0 Å². The van der Waals surface area contributed by atoms with Gasteiger partial charge in [-0.25, -0.2) is 4.68 Å². The van der Waals surface area contributed by atoms with Gasteiger partial charge in [-0.3, -0.25) is 0 Å². The normalized spacial score (nSPS) is 13.2. The fraction of sp³-hybridized carbons (Fsp3) is 0.286. The van der Waals surface area contributed by atoms with E-state index in [-0.39, 0.29) is 41.9 Å². The van der Waals surface area contributed by atoms with Crippen LogP contribution in [0.15, 0.2) is 24.3 Å². The number of hydrogen-bond acceptors (Lipinski definition) is 5. The summed E-state index contributed by atoms with van der Waals surface area (Å²) in [5, 5.41) is 15.3. The van der Waals surface area contributed by atoms with Crippen LogP contribution in [-0.4, -0.2) is 29.5 Å². The van der Waals surface area contributed by atoms with Gasteiger partial charge in [-0.1, -0.05) is 0 Å². The van der Waals surface area contributed by atoms with Gasteiger partial charge >= 0.3 is 29.6 Å². The number of rotatable bonds is 3. The molecule has 0 atom stereocenters. The molecule has 6 nitrogen and oxygen atoms in total. The SMILES string of the molecule is COc1ccc(-n2nc(C(=O)[O-])c3c2CCOC3)cc1.[Na+]. The minimum absolute atomic E-state index is 0. The van der Waals surface area contributed by atoms with Crippen molar-refractivity contribution >= 4 is 5.97 Å². The number of fused-ring (bicyclic) bond motifs is 1. The van der Waals surface area contributed by atoms with Gasteiger partial charge in [0.2, 0.25) is 0 Å². The van der Waals surface area contributed by atoms with Crippen molar-refractivity contribution in [1.29, 1.82) is 0 Å². The number of ether oxygens (including phenoxy) is 2. The molecule has 0 radical (unpaired) electrons. The second-order valence-electron chi connectivity index (χ2n) is 4.47. The molecule has 2 heterocycles. The molecule has 3 rings (SSSR count). The minimum atomic E-state index is -1.28. The van der Waals surface area contributed by atoms with E-state index in [1.165, 1.54) is 0 Å². The maximum Gasteiger partial charge on any atom is 1.00 e. The largest absolute Gasteiger partial charge is 1.00 e. The molecule has 0 amide bonds. The van der Waals surface area contributed by atoms with Crippen LogP contribution in [0.1, 0.15) is 21.7 Å². The number of carbonyl (C=O) groups is 1. The fourth-order valence-corrected chi connectivity index (χ4v) is 2.34. The van der Waals surface area contributed by atoms with Gasteiger partial charge in [-0.05, 0) is 24.3 Å². The first-order valence-corrected chi connectivity index (χ1v) is 6.25. The van der Waals surface area contributed by atoms with E-state index < -0.39 is 5.97 Å². The Hall–Kier alpha value is -1.34. The predicted molar refractivity (Wildman–Crippen MR) is 67.8 cm³/mol. The maximum atomic E-state index is 11.2. The van der Waals surface area contributed by atoms with Crippen LogP contribution in [0.3, 0.4) is 0 Å². The van der Waals surface area contributed by atoms with E-state index in [2.05, 4.69) is 5.10 Å². The molecule has 0 bridgehead atoms. The predicted octanol–water partition coefficient (Wildman–Crippen LogP) is -2.68. The summed E-state index contributed by atoms with van der Waals surface area (Å²) >= 11 is 0. The van der Waals surface area contributed by atoms with E-state index in [1.54, 1.807) is 23.9 Å². The first-order chi connectivity index (χ1) is 9.70. The Labute approximate surface area is 144 Å². The Morgan fingerprint density at radius 3 is 2.71 bits per heavy atom. The average molecular weight is 296 g/mol. The maximum absolute atomic E-state index is 11.2. The molecule has 0 spiro atoms. The quantitative estimate of drug-likeness (QED) is 0.577. The third kappa shape index (κ3) is 2.98. The molecule has 1 aliphatic rings. The molecule has 0 fully saturated rings. The van der Waals surface area contributed by atoms with Crippen molar-refractivity contribution in [1.82, 2.24) is 9.78 Å². The first-order valence-electron chi connectivity index (χ1n) is 6.25. The van der Waals surface area contributed by atoms with Crippen LogP contribution in [0.2, 0.25) is 0 Å². The smallest absolute Gasteiger partial charge is 0.543 e. The Bertz CT molecular complexity index is 652. The second-order valence-corrected chi connectivity index (χ2v) is 4.47. The Morgan fingerprint density at radius 2 is 2.10 bits per heavy atom. The van der Waals surface area contributed by atoms with Crippen LogP contribution in [0.5, 0.6) is 5.75 Å². The van der Waals surface area contributed by atoms with Crippen LogP contribution < -0.4 is 39.4 Å². The summed E-state index contributed by atoms with van der Waals surface area (Å²) < 4.78 is 12.1. The standard InChI is InChI=1S/C14H14N2O4.Na/c1-19-10-4-2-9(3-5-10)16-12-6-7-20-8-11(12)13(15-16)14(17)18;/h2-5H,6-8H2,1H3,(H,17,18);/q;+1/p-1. The number of carbonyl (C=O) groups excluding carboxylic acids is 1. The van der Waals surface area contributed by atoms with Gasteiger partial charge in [-0.2, -0.15) is 5.10 Å². The van der Waals surface area contributed by atoms with E-state index in [0.29, 0.717) is 18.6 Å². The monoisotopic (exact) mass is 296 g/mol. The number of aromatic nitrogens is 2. The van der Waals surface area contributed by atoms with Crippen molar-refractivity contribution in [2.75, 3.05) is 13.7 Å². The molecule has 0 saturated heterocycles. The summed E-state index contributed by atoms with van der Waals surface area (Å²) in [7, 11) is 1.59. The Balaban J connectivity index is 0.00000161. The van der Waals surface area contributed by atoms with Gasteiger partial charge in [0.05, 0.1) is 37.7 Å². The molecule has 7 heteroatoms. The number of carboxylic acid groups (broad SMARTS) is 1. The molecule has 1 aliphatic heterocycles. The number of carboxylic acids is 1. The van der Waals surface area contributed by atoms with Crippen LogP contribution in [0, 0.1) is 0 Å². The number of hydrogen-bond donors (Lipinski definition) is 0. The van der Waals surface area contributed by atoms with Crippen molar-refractivity contribution in [2.45, 2.75) is 13.0 Å². The molecule has 21 heavy (non-hydrogen) atoms. The van der Waals surface area contributed by atoms with Crippen LogP contribution >= 0.6 is 0 Å². The van der Waals surface area contributed by atoms with Crippen LogP contribution in [0.4, 0.5) is 0 Å². The third-order valence-corrected chi connectivity index (χ3v) is 3.33. The van der Waals surface area contributed by atoms with Crippen molar-refractivity contribution < 1.29 is 48.9 Å². The molecule has 104 valence electrons. The number of aromatic carboxylic acids is 1. The van der Waals surface area contributed by atoms with Gasteiger partial charge < -0.3 is 19.4 Å². The fourth-order valence-electron chi connectivity index (χ4n) is 2.34. The summed E-state index contributed by atoms with van der Waals surface area (Å²) in [4.78, 5) is 11.2. The molecule has 0 saturated carbocycles. The molecule has 0 aliphatic carbocycles. The summed E-state index contributed by atoms with van der Waals surface area (Å²) in [5.74, 6) is -0.544. The van der Waals surface area contributed by atoms with Gasteiger partial charge in [-0.15, -0.1) is 0 Å². The second kappa shape index (κ2) is 6.62. The zero-order valence-electron chi connectivity index (χ0n) is 12.0. The molecule has 0 N–H and O–H groups in total. The van der Waals surface area contributed by atoms with Crippen LogP contribution in [-0.2, 0) is 17.8 Å². The average Bonchev–Trinajstić information content (AvgIpc) is 2.87. The van der Waals surface area contributed by atoms with E-state index >= 15 is 0 Å². The summed E-state index contributed by atoms with van der Waals surface area (Å²) in [5.41, 5.74) is 2.21. The number of benzene rings is 1. The summed E-state index contributed by atoms with van der Waals surface area (Å²) in [6.07, 6.45) is 0.627. The van der Waals surface area contributed by atoms with E-state index in [1.807, 2.05) is 12.1 Å². The zero-order valence-corrected chi connectivity index (χ0v) is 14.0. The minimum Gasteiger partial charge on any atom is -0.543 e. The van der Waals surface area contributed by atoms with Crippen LogP contribution in [0.25, 0.3) is 5.69 Å². The Morgan fingerprint density at radius 1 is 1.38 bits per heavy atom. The summed E-state index contributed by atoms with van der Waals surface area (Å²) in [6.45, 7) is 0.816. The van der Waals surface area contributed by atoms with Crippen molar-refractivity contribution in [2.24, 2.45) is 0 Å².